The maximum Gasteiger partial charge on any atom is 0.313 e. The molecular weight excluding hydrogens is 164 g/mol. The van der Waals surface area contributed by atoms with E-state index in [9.17, 15) is 4.79 Å². The van der Waals surface area contributed by atoms with Crippen LogP contribution in [-0.4, -0.2) is 12.6 Å². The molecule has 74 valence electrons. The highest BCUT2D eigenvalue weighted by Gasteiger charge is 2.35. The van der Waals surface area contributed by atoms with Gasteiger partial charge in [-0.15, -0.1) is 12.3 Å². The van der Waals surface area contributed by atoms with Gasteiger partial charge in [0.1, 0.15) is 0 Å². The molecule has 0 aromatic carbocycles. The van der Waals surface area contributed by atoms with Crippen LogP contribution in [0, 0.1) is 17.8 Å². The van der Waals surface area contributed by atoms with Gasteiger partial charge in [-0.2, -0.15) is 0 Å². The Labute approximate surface area is 80.7 Å². The van der Waals surface area contributed by atoms with Gasteiger partial charge in [0.05, 0.1) is 12.0 Å². The van der Waals surface area contributed by atoms with Gasteiger partial charge in [-0.1, -0.05) is 13.8 Å². The first-order chi connectivity index (χ1) is 6.16. The number of carbonyl (C=O) groups excluding carboxylic acids is 1. The highest BCUT2D eigenvalue weighted by molar-refractivity contribution is 5.77. The van der Waals surface area contributed by atoms with Gasteiger partial charge in [0, 0.05) is 6.42 Å². The molecule has 0 rings (SSSR count). The number of rotatable bonds is 5. The normalized spacial score (nSPS) is 10.6. The zero-order chi connectivity index (χ0) is 10.3. The zero-order valence-electron chi connectivity index (χ0n) is 8.72. The van der Waals surface area contributed by atoms with E-state index in [-0.39, 0.29) is 5.97 Å². The fourth-order valence-electron chi connectivity index (χ4n) is 1.34. The summed E-state index contributed by atoms with van der Waals surface area (Å²) in [5.74, 6) is 2.39. The molecule has 13 heavy (non-hydrogen) atoms. The monoisotopic (exact) mass is 182 g/mol. The fraction of sp³-hybridized carbons (Fsp3) is 0.727. The first-order valence-corrected chi connectivity index (χ1v) is 4.77. The number of terminal acetylenes is 1. The van der Waals surface area contributed by atoms with Gasteiger partial charge in [-0.3, -0.25) is 4.79 Å². The number of esters is 1. The van der Waals surface area contributed by atoms with E-state index in [2.05, 4.69) is 5.92 Å². The van der Waals surface area contributed by atoms with Crippen LogP contribution in [0.2, 0.25) is 0 Å². The fourth-order valence-corrected chi connectivity index (χ4v) is 1.34. The second kappa shape index (κ2) is 5.64. The molecule has 2 heteroatoms. The standard InChI is InChI=1S/C11H18O2/c1-5-9-11(6-2,7-3)10(12)13-8-4/h1H,6-9H2,2-4H3. The van der Waals surface area contributed by atoms with E-state index in [4.69, 9.17) is 11.2 Å². The second-order valence-corrected chi connectivity index (χ2v) is 3.09. The van der Waals surface area contributed by atoms with Crippen molar-refractivity contribution in [2.24, 2.45) is 5.41 Å². The maximum absolute atomic E-state index is 11.6. The minimum atomic E-state index is -0.454. The summed E-state index contributed by atoms with van der Waals surface area (Å²) < 4.78 is 5.01. The van der Waals surface area contributed by atoms with Crippen molar-refractivity contribution < 1.29 is 9.53 Å². The first kappa shape index (κ1) is 12.0. The SMILES string of the molecule is C#CCC(CC)(CC)C(=O)OCC. The molecule has 0 radical (unpaired) electrons. The molecule has 0 unspecified atom stereocenters. The van der Waals surface area contributed by atoms with Crippen molar-refractivity contribution in [3.05, 3.63) is 0 Å². The first-order valence-electron chi connectivity index (χ1n) is 4.77. The van der Waals surface area contributed by atoms with Gasteiger partial charge in [-0.25, -0.2) is 0 Å². The molecule has 0 heterocycles. The van der Waals surface area contributed by atoms with Crippen LogP contribution in [0.5, 0.6) is 0 Å². The molecule has 0 spiro atoms. The average Bonchev–Trinajstić information content (AvgIpc) is 2.14. The molecular formula is C11H18O2. The van der Waals surface area contributed by atoms with E-state index >= 15 is 0 Å². The topological polar surface area (TPSA) is 26.3 Å². The Balaban J connectivity index is 4.55. The van der Waals surface area contributed by atoms with Crippen molar-refractivity contribution in [2.75, 3.05) is 6.61 Å². The zero-order valence-corrected chi connectivity index (χ0v) is 8.72. The van der Waals surface area contributed by atoms with Crippen molar-refractivity contribution >= 4 is 5.97 Å². The molecule has 0 saturated heterocycles. The molecule has 2 nitrogen and oxygen atoms in total. The maximum atomic E-state index is 11.6. The number of hydrogen-bond acceptors (Lipinski definition) is 2. The molecule has 0 aromatic rings. The van der Waals surface area contributed by atoms with Gasteiger partial charge in [-0.05, 0) is 19.8 Å². The molecule has 0 bridgehead atoms. The van der Waals surface area contributed by atoms with E-state index in [0.717, 1.165) is 12.8 Å². The van der Waals surface area contributed by atoms with E-state index in [1.807, 2.05) is 20.8 Å². The van der Waals surface area contributed by atoms with E-state index in [1.54, 1.807) is 0 Å². The Bertz CT molecular complexity index is 197. The van der Waals surface area contributed by atoms with Gasteiger partial charge >= 0.3 is 5.97 Å². The summed E-state index contributed by atoms with van der Waals surface area (Å²) >= 11 is 0. The third-order valence-corrected chi connectivity index (χ3v) is 2.50. The predicted octanol–water partition coefficient (Wildman–Crippen LogP) is 2.38. The lowest BCUT2D eigenvalue weighted by Crippen LogP contribution is -2.31. The lowest BCUT2D eigenvalue weighted by molar-refractivity contribution is -0.155. The van der Waals surface area contributed by atoms with Crippen LogP contribution < -0.4 is 0 Å². The van der Waals surface area contributed by atoms with Crippen molar-refractivity contribution in [3.63, 3.8) is 0 Å². The van der Waals surface area contributed by atoms with Crippen LogP contribution in [0.3, 0.4) is 0 Å². The lowest BCUT2D eigenvalue weighted by atomic mass is 9.79. The molecule has 0 aliphatic heterocycles. The largest absolute Gasteiger partial charge is 0.466 e. The summed E-state index contributed by atoms with van der Waals surface area (Å²) in [5.41, 5.74) is -0.454. The Kier molecular flexibility index (Phi) is 5.22. The molecule has 0 aliphatic carbocycles. The molecule has 0 fully saturated rings. The summed E-state index contributed by atoms with van der Waals surface area (Å²) in [5, 5.41) is 0. The smallest absolute Gasteiger partial charge is 0.313 e. The number of ether oxygens (including phenoxy) is 1. The highest BCUT2D eigenvalue weighted by atomic mass is 16.5. The van der Waals surface area contributed by atoms with Crippen LogP contribution in [0.25, 0.3) is 0 Å². The Morgan fingerprint density at radius 2 is 1.92 bits per heavy atom. The summed E-state index contributed by atoms with van der Waals surface area (Å²) in [6.45, 7) is 6.17. The molecule has 0 aromatic heterocycles. The Hall–Kier alpha value is -0.970. The summed E-state index contributed by atoms with van der Waals surface area (Å²) in [6.07, 6.45) is 7.20. The number of hydrogen-bond donors (Lipinski definition) is 0. The van der Waals surface area contributed by atoms with E-state index < -0.39 is 5.41 Å². The average molecular weight is 182 g/mol. The minimum absolute atomic E-state index is 0.155. The highest BCUT2D eigenvalue weighted by Crippen LogP contribution is 2.31. The summed E-state index contributed by atoms with van der Waals surface area (Å²) in [4.78, 5) is 11.6. The third-order valence-electron chi connectivity index (χ3n) is 2.50. The lowest BCUT2D eigenvalue weighted by Gasteiger charge is -2.26. The van der Waals surface area contributed by atoms with Crippen LogP contribution in [-0.2, 0) is 9.53 Å². The van der Waals surface area contributed by atoms with Crippen molar-refractivity contribution in [3.8, 4) is 12.3 Å². The quantitative estimate of drug-likeness (QED) is 0.482. The Morgan fingerprint density at radius 1 is 1.38 bits per heavy atom. The van der Waals surface area contributed by atoms with Gasteiger partial charge in [0.2, 0.25) is 0 Å². The van der Waals surface area contributed by atoms with Crippen LogP contribution in [0.15, 0.2) is 0 Å². The molecule has 0 saturated carbocycles. The van der Waals surface area contributed by atoms with Crippen LogP contribution in [0.1, 0.15) is 40.0 Å². The van der Waals surface area contributed by atoms with Crippen molar-refractivity contribution in [1.82, 2.24) is 0 Å². The van der Waals surface area contributed by atoms with Gasteiger partial charge < -0.3 is 4.74 Å². The van der Waals surface area contributed by atoms with E-state index in [0.29, 0.717) is 13.0 Å². The number of carbonyl (C=O) groups is 1. The van der Waals surface area contributed by atoms with Gasteiger partial charge in [0.15, 0.2) is 0 Å². The van der Waals surface area contributed by atoms with Gasteiger partial charge in [0.25, 0.3) is 0 Å². The van der Waals surface area contributed by atoms with Crippen molar-refractivity contribution in [2.45, 2.75) is 40.0 Å². The molecule has 0 atom stereocenters. The van der Waals surface area contributed by atoms with Crippen LogP contribution in [0.4, 0.5) is 0 Å². The molecule has 0 aliphatic rings. The minimum Gasteiger partial charge on any atom is -0.466 e. The summed E-state index contributed by atoms with van der Waals surface area (Å²) in [7, 11) is 0. The van der Waals surface area contributed by atoms with Crippen molar-refractivity contribution in [1.29, 1.82) is 0 Å². The van der Waals surface area contributed by atoms with E-state index in [1.165, 1.54) is 0 Å². The molecule has 0 amide bonds. The predicted molar refractivity (Wildman–Crippen MR) is 53.1 cm³/mol. The summed E-state index contributed by atoms with van der Waals surface area (Å²) in [6, 6.07) is 0. The second-order valence-electron chi connectivity index (χ2n) is 3.09. The Morgan fingerprint density at radius 3 is 2.23 bits per heavy atom. The third kappa shape index (κ3) is 2.77. The molecule has 0 N–H and O–H groups in total. The van der Waals surface area contributed by atoms with Crippen LogP contribution >= 0.6 is 0 Å².